The lowest BCUT2D eigenvalue weighted by Crippen LogP contribution is -2.28. The van der Waals surface area contributed by atoms with Crippen LogP contribution in [-0.4, -0.2) is 30.2 Å². The number of halogens is 2. The number of rotatable bonds is 4. The molecule has 2 heterocycles. The molecule has 1 aromatic carbocycles. The molecule has 0 spiro atoms. The Morgan fingerprint density at radius 3 is 2.88 bits per heavy atom. The third kappa shape index (κ3) is 3.64. The van der Waals surface area contributed by atoms with Gasteiger partial charge in [0.1, 0.15) is 24.3 Å². The van der Waals surface area contributed by atoms with Crippen molar-refractivity contribution in [3.8, 4) is 17.0 Å². The number of pyridine rings is 1. The fourth-order valence-corrected chi connectivity index (χ4v) is 3.12. The lowest BCUT2D eigenvalue weighted by molar-refractivity contribution is 0.0945. The van der Waals surface area contributed by atoms with E-state index in [0.29, 0.717) is 36.1 Å². The molecule has 1 amide bonds. The number of nitrogens with zero attached hydrogens (tertiary/aromatic N) is 1. The molecule has 2 atom stereocenters. The molecule has 2 unspecified atom stereocenters. The summed E-state index contributed by atoms with van der Waals surface area (Å²) in [7, 11) is 2.44. The molecule has 25 heavy (non-hydrogen) atoms. The predicted molar refractivity (Wildman–Crippen MR) is 95.7 cm³/mol. The topological polar surface area (TPSA) is 51.2 Å². The summed E-state index contributed by atoms with van der Waals surface area (Å²) in [5.74, 6) is -0.557. The third-order valence-electron chi connectivity index (χ3n) is 4.11. The van der Waals surface area contributed by atoms with E-state index in [1.165, 1.54) is 6.07 Å². The molecular weight excluding hydrogens is 345 g/mol. The van der Waals surface area contributed by atoms with Crippen molar-refractivity contribution in [1.29, 1.82) is 0 Å². The average molecular weight is 364 g/mol. The van der Waals surface area contributed by atoms with Gasteiger partial charge in [-0.05, 0) is 42.8 Å². The summed E-state index contributed by atoms with van der Waals surface area (Å²) >= 11 is 0. The second kappa shape index (κ2) is 7.44. The van der Waals surface area contributed by atoms with Crippen LogP contribution in [0.15, 0.2) is 24.3 Å². The summed E-state index contributed by atoms with van der Waals surface area (Å²) in [6, 6.07) is 6.42. The van der Waals surface area contributed by atoms with Crippen LogP contribution in [0.25, 0.3) is 11.1 Å². The van der Waals surface area contributed by atoms with Crippen molar-refractivity contribution in [1.82, 2.24) is 10.3 Å². The summed E-state index contributed by atoms with van der Waals surface area (Å²) in [6.07, 6.45) is 0.419. The molecule has 1 N–H and O–H groups in total. The van der Waals surface area contributed by atoms with Gasteiger partial charge in [-0.2, -0.15) is 0 Å². The number of ether oxygens (including phenoxy) is 1. The van der Waals surface area contributed by atoms with E-state index >= 15 is 0 Å². The summed E-state index contributed by atoms with van der Waals surface area (Å²) in [5.41, 5.74) is 1.77. The molecule has 0 saturated heterocycles. The van der Waals surface area contributed by atoms with Crippen molar-refractivity contribution in [3.63, 3.8) is 0 Å². The lowest BCUT2D eigenvalue weighted by Gasteiger charge is -2.25. The fraction of sp³-hybridized carbons (Fsp3) is 0.333. The highest BCUT2D eigenvalue weighted by atomic mass is 31.0. The minimum absolute atomic E-state index is 0.129. The molecular formula is C18H19F2N2O2P. The molecule has 0 fully saturated rings. The van der Waals surface area contributed by atoms with Crippen molar-refractivity contribution in [2.45, 2.75) is 25.9 Å². The van der Waals surface area contributed by atoms with E-state index < -0.39 is 18.6 Å². The van der Waals surface area contributed by atoms with E-state index in [1.54, 1.807) is 25.1 Å². The van der Waals surface area contributed by atoms with Crippen LogP contribution in [-0.2, 0) is 6.42 Å². The highest BCUT2D eigenvalue weighted by molar-refractivity contribution is 7.27. The van der Waals surface area contributed by atoms with Crippen LogP contribution in [0, 0.1) is 5.82 Å². The second-order valence-corrected chi connectivity index (χ2v) is 6.54. The Balaban J connectivity index is 2.15. The van der Waals surface area contributed by atoms with Gasteiger partial charge in [-0.15, -0.1) is 9.24 Å². The van der Waals surface area contributed by atoms with Gasteiger partial charge in [0.05, 0.1) is 0 Å². The van der Waals surface area contributed by atoms with Gasteiger partial charge in [0.15, 0.2) is 0 Å². The first kappa shape index (κ1) is 17.7. The summed E-state index contributed by atoms with van der Waals surface area (Å²) in [4.78, 5) is 16.4. The Hall–Kier alpha value is -2.07. The Kier molecular flexibility index (Phi) is 5.28. The Bertz CT molecular complexity index is 814. The van der Waals surface area contributed by atoms with Crippen molar-refractivity contribution in [2.24, 2.45) is 0 Å². The van der Waals surface area contributed by atoms with Crippen LogP contribution >= 0.6 is 9.24 Å². The second-order valence-electron chi connectivity index (χ2n) is 5.87. The fourth-order valence-electron chi connectivity index (χ4n) is 2.88. The largest absolute Gasteiger partial charge is 0.471 e. The van der Waals surface area contributed by atoms with E-state index in [0.717, 1.165) is 5.30 Å². The quantitative estimate of drug-likeness (QED) is 0.849. The van der Waals surface area contributed by atoms with Crippen molar-refractivity contribution in [3.05, 3.63) is 41.3 Å². The van der Waals surface area contributed by atoms with E-state index in [-0.39, 0.29) is 17.5 Å². The molecule has 0 bridgehead atoms. The standard InChI is InChI=1S/C18H19F2N2O2P/c1-2-21-17(23)16-8-14(12-6-4-11(25)7-15(12)20)13-5-3-10(9-19)24-18(13)22-16/h4,6-8,10H,2-3,5,9,25H2,1H3,(H,21,23). The number of carbonyl (C=O) groups is 1. The van der Waals surface area contributed by atoms with Crippen LogP contribution in [0.2, 0.25) is 0 Å². The number of nitrogens with one attached hydrogen (secondary N) is 1. The number of hydrogen-bond acceptors (Lipinski definition) is 3. The number of aromatic nitrogens is 1. The number of carbonyl (C=O) groups excluding carboxylic acids is 1. The zero-order chi connectivity index (χ0) is 18.0. The summed E-state index contributed by atoms with van der Waals surface area (Å²) in [5, 5.41) is 3.39. The SMILES string of the molecule is CCNC(=O)c1cc(-c2ccc(P)cc2F)c2c(n1)OC(CF)CC2. The van der Waals surface area contributed by atoms with Gasteiger partial charge in [0.25, 0.3) is 5.91 Å². The minimum atomic E-state index is -0.627. The number of hydrogen-bond donors (Lipinski definition) is 1. The Labute approximate surface area is 147 Å². The summed E-state index contributed by atoms with van der Waals surface area (Å²) < 4.78 is 33.1. The number of alkyl halides is 1. The van der Waals surface area contributed by atoms with Gasteiger partial charge >= 0.3 is 0 Å². The molecule has 1 aromatic heterocycles. The van der Waals surface area contributed by atoms with Crippen LogP contribution in [0.4, 0.5) is 8.78 Å². The van der Waals surface area contributed by atoms with E-state index in [4.69, 9.17) is 4.74 Å². The van der Waals surface area contributed by atoms with E-state index in [9.17, 15) is 13.6 Å². The van der Waals surface area contributed by atoms with Gasteiger partial charge in [0, 0.05) is 17.7 Å². The summed E-state index contributed by atoms with van der Waals surface area (Å²) in [6.45, 7) is 1.61. The zero-order valence-electron chi connectivity index (χ0n) is 13.8. The molecule has 2 aromatic rings. The highest BCUT2D eigenvalue weighted by Gasteiger charge is 2.27. The molecule has 4 nitrogen and oxygen atoms in total. The normalized spacial score (nSPS) is 16.1. The monoisotopic (exact) mass is 364 g/mol. The van der Waals surface area contributed by atoms with E-state index in [2.05, 4.69) is 19.5 Å². The maximum atomic E-state index is 14.5. The van der Waals surface area contributed by atoms with Gasteiger partial charge in [0.2, 0.25) is 5.88 Å². The number of benzene rings is 1. The van der Waals surface area contributed by atoms with Crippen LogP contribution in [0.5, 0.6) is 5.88 Å². The van der Waals surface area contributed by atoms with Gasteiger partial charge in [-0.1, -0.05) is 12.1 Å². The van der Waals surface area contributed by atoms with Crippen LogP contribution in [0.3, 0.4) is 0 Å². The van der Waals surface area contributed by atoms with Crippen molar-refractivity contribution < 1.29 is 18.3 Å². The smallest absolute Gasteiger partial charge is 0.270 e. The molecule has 7 heteroatoms. The first-order valence-electron chi connectivity index (χ1n) is 8.13. The predicted octanol–water partition coefficient (Wildman–Crippen LogP) is 2.80. The van der Waals surface area contributed by atoms with Crippen LogP contribution < -0.4 is 15.4 Å². The highest BCUT2D eigenvalue weighted by Crippen LogP contribution is 2.36. The Morgan fingerprint density at radius 2 is 2.20 bits per heavy atom. The maximum absolute atomic E-state index is 14.5. The molecule has 0 radical (unpaired) electrons. The first-order valence-corrected chi connectivity index (χ1v) is 8.71. The first-order chi connectivity index (χ1) is 12.0. The van der Waals surface area contributed by atoms with Crippen molar-refractivity contribution in [2.75, 3.05) is 13.2 Å². The molecule has 0 aliphatic carbocycles. The number of amides is 1. The minimum Gasteiger partial charge on any atom is -0.471 e. The lowest BCUT2D eigenvalue weighted by atomic mass is 9.94. The molecule has 3 rings (SSSR count). The molecule has 0 saturated carbocycles. The van der Waals surface area contributed by atoms with Gasteiger partial charge in [-0.25, -0.2) is 13.8 Å². The number of fused-ring (bicyclic) bond motifs is 1. The van der Waals surface area contributed by atoms with E-state index in [1.807, 2.05) is 0 Å². The molecule has 1 aliphatic rings. The third-order valence-corrected chi connectivity index (χ3v) is 4.47. The maximum Gasteiger partial charge on any atom is 0.270 e. The molecule has 1 aliphatic heterocycles. The van der Waals surface area contributed by atoms with Crippen molar-refractivity contribution >= 4 is 20.5 Å². The molecule has 132 valence electrons. The Morgan fingerprint density at radius 1 is 1.40 bits per heavy atom. The van der Waals surface area contributed by atoms with Gasteiger partial charge < -0.3 is 10.1 Å². The average Bonchev–Trinajstić information content (AvgIpc) is 2.60. The zero-order valence-corrected chi connectivity index (χ0v) is 15.0. The van der Waals surface area contributed by atoms with Gasteiger partial charge in [-0.3, -0.25) is 4.79 Å². The van der Waals surface area contributed by atoms with Crippen LogP contribution in [0.1, 0.15) is 29.4 Å².